The van der Waals surface area contributed by atoms with Crippen molar-refractivity contribution >= 4 is 33.5 Å². The number of nitrogens with one attached hydrogen (secondary N) is 2. The molecule has 0 atom stereocenters. The van der Waals surface area contributed by atoms with Crippen molar-refractivity contribution < 1.29 is 0 Å². The third-order valence-corrected chi connectivity index (χ3v) is 3.67. The van der Waals surface area contributed by atoms with Crippen molar-refractivity contribution in [2.24, 2.45) is 0 Å². The Kier molecular flexibility index (Phi) is 2.59. The molecule has 0 saturated heterocycles. The van der Waals surface area contributed by atoms with Crippen molar-refractivity contribution in [2.45, 2.75) is 0 Å². The number of para-hydroxylation sites is 1. The maximum atomic E-state index is 12.2. The minimum Gasteiger partial charge on any atom is -0.352 e. The molecule has 0 fully saturated rings. The molecule has 2 heterocycles. The Morgan fingerprint density at radius 3 is 2.71 bits per heavy atom. The van der Waals surface area contributed by atoms with Gasteiger partial charge < -0.3 is 9.97 Å². The van der Waals surface area contributed by atoms with Gasteiger partial charge in [0.05, 0.1) is 16.7 Å². The molecule has 0 saturated carbocycles. The average Bonchev–Trinajstić information content (AvgIpc) is 2.90. The molecule has 0 spiro atoms. The molecule has 4 aromatic rings. The quantitative estimate of drug-likeness (QED) is 0.562. The van der Waals surface area contributed by atoms with Crippen LogP contribution in [0.1, 0.15) is 0 Å². The van der Waals surface area contributed by atoms with Gasteiger partial charge in [0.1, 0.15) is 0 Å². The van der Waals surface area contributed by atoms with Crippen LogP contribution in [0.5, 0.6) is 0 Å². The topological polar surface area (TPSA) is 61.5 Å². The second-order valence-electron chi connectivity index (χ2n) is 4.84. The molecule has 0 amide bonds. The van der Waals surface area contributed by atoms with Gasteiger partial charge in [-0.25, -0.2) is 4.98 Å². The molecule has 0 radical (unpaired) electrons. The first-order chi connectivity index (χ1) is 10.2. The summed E-state index contributed by atoms with van der Waals surface area (Å²) >= 11 is 5.97. The van der Waals surface area contributed by atoms with E-state index in [1.54, 1.807) is 18.2 Å². The maximum absolute atomic E-state index is 12.2. The van der Waals surface area contributed by atoms with Crippen molar-refractivity contribution in [3.05, 3.63) is 63.8 Å². The molecule has 0 aliphatic rings. The lowest BCUT2D eigenvalue weighted by atomic mass is 10.2. The van der Waals surface area contributed by atoms with Crippen molar-refractivity contribution in [1.29, 1.82) is 0 Å². The highest BCUT2D eigenvalue weighted by atomic mass is 35.5. The summed E-state index contributed by atoms with van der Waals surface area (Å²) in [7, 11) is 0. The number of fused-ring (bicyclic) bond motifs is 2. The van der Waals surface area contributed by atoms with E-state index < -0.39 is 0 Å². The van der Waals surface area contributed by atoms with E-state index in [0.29, 0.717) is 21.9 Å². The number of hydrogen-bond donors (Lipinski definition) is 2. The van der Waals surface area contributed by atoms with Gasteiger partial charge in [0.25, 0.3) is 0 Å². The van der Waals surface area contributed by atoms with E-state index in [-0.39, 0.29) is 5.43 Å². The summed E-state index contributed by atoms with van der Waals surface area (Å²) in [4.78, 5) is 23.1. The van der Waals surface area contributed by atoms with Crippen molar-refractivity contribution in [3.63, 3.8) is 0 Å². The van der Waals surface area contributed by atoms with Gasteiger partial charge in [0.15, 0.2) is 11.3 Å². The first kappa shape index (κ1) is 12.2. The second-order valence-corrected chi connectivity index (χ2v) is 5.28. The summed E-state index contributed by atoms with van der Waals surface area (Å²) in [5.74, 6) is 0.620. The normalized spacial score (nSPS) is 11.3. The van der Waals surface area contributed by atoms with Gasteiger partial charge in [0, 0.05) is 22.0 Å². The van der Waals surface area contributed by atoms with Crippen LogP contribution >= 0.6 is 11.6 Å². The summed E-state index contributed by atoms with van der Waals surface area (Å²) in [6.45, 7) is 0. The van der Waals surface area contributed by atoms with E-state index >= 15 is 0 Å². The molecule has 2 N–H and O–H groups in total. The Hall–Kier alpha value is -2.59. The van der Waals surface area contributed by atoms with E-state index in [2.05, 4.69) is 15.0 Å². The lowest BCUT2D eigenvalue weighted by Gasteiger charge is -2.01. The molecule has 21 heavy (non-hydrogen) atoms. The molecule has 0 bridgehead atoms. The van der Waals surface area contributed by atoms with Crippen LogP contribution in [-0.4, -0.2) is 15.0 Å². The lowest BCUT2D eigenvalue weighted by Crippen LogP contribution is -2.03. The van der Waals surface area contributed by atoms with E-state index in [9.17, 15) is 4.79 Å². The number of rotatable bonds is 1. The van der Waals surface area contributed by atoms with Crippen molar-refractivity contribution in [3.8, 4) is 11.5 Å². The smallest absolute Gasteiger partial charge is 0.190 e. The van der Waals surface area contributed by atoms with E-state index in [1.165, 1.54) is 0 Å². The zero-order chi connectivity index (χ0) is 14.4. The number of benzene rings is 2. The highest BCUT2D eigenvalue weighted by Crippen LogP contribution is 2.22. The summed E-state index contributed by atoms with van der Waals surface area (Å²) in [5.41, 5.74) is 3.07. The maximum Gasteiger partial charge on any atom is 0.190 e. The van der Waals surface area contributed by atoms with Gasteiger partial charge in [0.2, 0.25) is 0 Å². The van der Waals surface area contributed by atoms with Crippen LogP contribution < -0.4 is 5.43 Å². The predicted molar refractivity (Wildman–Crippen MR) is 84.7 cm³/mol. The van der Waals surface area contributed by atoms with E-state index in [4.69, 9.17) is 11.6 Å². The molecule has 2 aromatic heterocycles. The second kappa shape index (κ2) is 4.46. The van der Waals surface area contributed by atoms with Gasteiger partial charge >= 0.3 is 0 Å². The molecule has 102 valence electrons. The standard InChI is InChI=1S/C16H10ClN3O/c17-9-5-6-12-13(7-9)20-16(19-12)14-8-15(21)10-3-1-2-4-11(10)18-14/h1-8H,(H,18,21)(H,19,20). The number of halogens is 1. The van der Waals surface area contributed by atoms with Crippen LogP contribution in [0.15, 0.2) is 53.3 Å². The summed E-state index contributed by atoms with van der Waals surface area (Å²) in [5, 5.41) is 1.31. The van der Waals surface area contributed by atoms with Crippen LogP contribution in [0.4, 0.5) is 0 Å². The highest BCUT2D eigenvalue weighted by Gasteiger charge is 2.08. The summed E-state index contributed by atoms with van der Waals surface area (Å²) in [6, 6.07) is 14.4. The van der Waals surface area contributed by atoms with Gasteiger partial charge in [-0.3, -0.25) is 4.79 Å². The molecule has 0 unspecified atom stereocenters. The zero-order valence-electron chi connectivity index (χ0n) is 10.9. The van der Waals surface area contributed by atoms with E-state index in [1.807, 2.05) is 30.3 Å². The number of pyridine rings is 1. The van der Waals surface area contributed by atoms with Crippen LogP contribution in [0.25, 0.3) is 33.5 Å². The SMILES string of the molecule is O=c1cc(-c2nc3ccc(Cl)cc3[nH]2)[nH]c2ccccc12. The molecular formula is C16H10ClN3O. The molecule has 0 aliphatic carbocycles. The van der Waals surface area contributed by atoms with Crippen LogP contribution in [-0.2, 0) is 0 Å². The van der Waals surface area contributed by atoms with Crippen molar-refractivity contribution in [2.75, 3.05) is 0 Å². The zero-order valence-corrected chi connectivity index (χ0v) is 11.6. The molecule has 0 aliphatic heterocycles. The number of H-pyrrole nitrogens is 2. The van der Waals surface area contributed by atoms with Crippen molar-refractivity contribution in [1.82, 2.24) is 15.0 Å². The number of aromatic nitrogens is 3. The molecular weight excluding hydrogens is 286 g/mol. The predicted octanol–water partition coefficient (Wildman–Crippen LogP) is 3.72. The Morgan fingerprint density at radius 2 is 1.81 bits per heavy atom. The fourth-order valence-corrected chi connectivity index (χ4v) is 2.61. The van der Waals surface area contributed by atoms with E-state index in [0.717, 1.165) is 16.6 Å². The van der Waals surface area contributed by atoms with Gasteiger partial charge in [-0.1, -0.05) is 23.7 Å². The van der Waals surface area contributed by atoms with Crippen LogP contribution in [0.3, 0.4) is 0 Å². The van der Waals surface area contributed by atoms with Crippen LogP contribution in [0.2, 0.25) is 5.02 Å². The average molecular weight is 296 g/mol. The largest absolute Gasteiger partial charge is 0.352 e. The minimum absolute atomic E-state index is 0.0298. The van der Waals surface area contributed by atoms with Gasteiger partial charge in [-0.15, -0.1) is 0 Å². The molecule has 4 nitrogen and oxygen atoms in total. The summed E-state index contributed by atoms with van der Waals surface area (Å²) in [6.07, 6.45) is 0. The number of imidazole rings is 1. The third-order valence-electron chi connectivity index (χ3n) is 3.44. The number of hydrogen-bond acceptors (Lipinski definition) is 2. The Bertz CT molecular complexity index is 1030. The van der Waals surface area contributed by atoms with Crippen LogP contribution in [0, 0.1) is 0 Å². The monoisotopic (exact) mass is 295 g/mol. The third kappa shape index (κ3) is 2.00. The first-order valence-electron chi connectivity index (χ1n) is 6.48. The summed E-state index contributed by atoms with van der Waals surface area (Å²) < 4.78 is 0. The Labute approximate surface area is 124 Å². The van der Waals surface area contributed by atoms with Gasteiger partial charge in [-0.05, 0) is 30.3 Å². The molecule has 2 aromatic carbocycles. The molecule has 5 heteroatoms. The lowest BCUT2D eigenvalue weighted by molar-refractivity contribution is 1.26. The number of nitrogens with zero attached hydrogens (tertiary/aromatic N) is 1. The first-order valence-corrected chi connectivity index (χ1v) is 6.86. The Morgan fingerprint density at radius 1 is 0.952 bits per heavy atom. The Balaban J connectivity index is 1.97. The fourth-order valence-electron chi connectivity index (χ4n) is 2.43. The highest BCUT2D eigenvalue weighted by molar-refractivity contribution is 6.31. The van der Waals surface area contributed by atoms with Gasteiger partial charge in [-0.2, -0.15) is 0 Å². The minimum atomic E-state index is -0.0298. The number of aromatic amines is 2. The fraction of sp³-hybridized carbons (Fsp3) is 0. The molecule has 4 rings (SSSR count).